The van der Waals surface area contributed by atoms with E-state index in [1.54, 1.807) is 20.8 Å². The van der Waals surface area contributed by atoms with Crippen LogP contribution >= 0.6 is 0 Å². The smallest absolute Gasteiger partial charge is 0.244 e. The largest absolute Gasteiger partial charge is 0.379 e. The second kappa shape index (κ2) is 17.0. The van der Waals surface area contributed by atoms with Crippen LogP contribution in [0.3, 0.4) is 0 Å². The summed E-state index contributed by atoms with van der Waals surface area (Å²) >= 11 is 0. The van der Waals surface area contributed by atoms with Gasteiger partial charge in [-0.2, -0.15) is 0 Å². The molecule has 0 radical (unpaired) electrons. The number of carbonyl (C=O) groups excluding carboxylic acids is 5. The molecule has 12 nitrogen and oxygen atoms in total. The molecule has 202 valence electrons. The first-order valence-electron chi connectivity index (χ1n) is 11.7. The highest BCUT2D eigenvalue weighted by Crippen LogP contribution is 2.14. The minimum atomic E-state index is -0.945. The molecule has 0 unspecified atom stereocenters. The second-order valence-electron chi connectivity index (χ2n) is 9.02. The Morgan fingerprint density at radius 2 is 1.23 bits per heavy atom. The molecule has 0 saturated heterocycles. The fourth-order valence-corrected chi connectivity index (χ4v) is 2.35. The Labute approximate surface area is 207 Å². The maximum atomic E-state index is 12.3. The van der Waals surface area contributed by atoms with Gasteiger partial charge in [0.2, 0.25) is 23.6 Å². The Kier molecular flexibility index (Phi) is 15.7. The zero-order valence-corrected chi connectivity index (χ0v) is 21.9. The van der Waals surface area contributed by atoms with Crippen molar-refractivity contribution in [1.29, 1.82) is 0 Å². The van der Waals surface area contributed by atoms with Gasteiger partial charge in [-0.1, -0.05) is 20.8 Å². The van der Waals surface area contributed by atoms with Gasteiger partial charge < -0.3 is 35.5 Å². The van der Waals surface area contributed by atoms with Crippen molar-refractivity contribution >= 4 is 29.4 Å². The zero-order chi connectivity index (χ0) is 27.0. The molecule has 0 aromatic rings. The number of nitrogens with one attached hydrogen (secondary N) is 4. The summed E-state index contributed by atoms with van der Waals surface area (Å²) in [5.74, 6) is -2.10. The number of amides is 4. The molecular formula is C23H42N4O8. The van der Waals surface area contributed by atoms with Gasteiger partial charge in [-0.3, -0.25) is 24.0 Å². The number of hydrogen-bond acceptors (Lipinski definition) is 8. The quantitative estimate of drug-likeness (QED) is 0.155. The van der Waals surface area contributed by atoms with Crippen molar-refractivity contribution in [2.45, 2.75) is 73.0 Å². The molecule has 4 N–H and O–H groups in total. The molecule has 0 bridgehead atoms. The second-order valence-corrected chi connectivity index (χ2v) is 9.02. The van der Waals surface area contributed by atoms with E-state index in [4.69, 9.17) is 14.2 Å². The van der Waals surface area contributed by atoms with E-state index in [1.165, 1.54) is 20.8 Å². The lowest BCUT2D eigenvalue weighted by Crippen LogP contribution is -2.54. The summed E-state index contributed by atoms with van der Waals surface area (Å²) in [6, 6.07) is -2.71. The van der Waals surface area contributed by atoms with Crippen LogP contribution in [-0.4, -0.2) is 87.3 Å². The molecule has 0 aromatic carbocycles. The summed E-state index contributed by atoms with van der Waals surface area (Å²) in [4.78, 5) is 60.4. The van der Waals surface area contributed by atoms with Crippen molar-refractivity contribution in [3.8, 4) is 0 Å². The molecule has 0 saturated carbocycles. The van der Waals surface area contributed by atoms with Crippen LogP contribution in [0.2, 0.25) is 0 Å². The van der Waals surface area contributed by atoms with Crippen LogP contribution < -0.4 is 21.3 Å². The Hall–Kier alpha value is -2.57. The normalized spacial score (nSPS) is 13.8. The average molecular weight is 503 g/mol. The van der Waals surface area contributed by atoms with Gasteiger partial charge in [-0.05, 0) is 27.7 Å². The first kappa shape index (κ1) is 32.4. The van der Waals surface area contributed by atoms with Crippen LogP contribution in [0.15, 0.2) is 0 Å². The number of hydrogen-bond donors (Lipinski definition) is 4. The number of carbonyl (C=O) groups is 5. The average Bonchev–Trinajstić information content (AvgIpc) is 2.77. The Morgan fingerprint density at radius 1 is 0.714 bits per heavy atom. The fourth-order valence-electron chi connectivity index (χ4n) is 2.35. The highest BCUT2D eigenvalue weighted by molar-refractivity contribution is 5.93. The van der Waals surface area contributed by atoms with E-state index < -0.39 is 41.3 Å². The predicted molar refractivity (Wildman–Crippen MR) is 128 cm³/mol. The number of rotatable bonds is 17. The number of ketones is 1. The van der Waals surface area contributed by atoms with Crippen LogP contribution in [0.5, 0.6) is 0 Å². The monoisotopic (exact) mass is 502 g/mol. The molecule has 0 rings (SSSR count). The predicted octanol–water partition coefficient (Wildman–Crippen LogP) is -0.351. The third-order valence-corrected chi connectivity index (χ3v) is 4.74. The molecular weight excluding hydrogens is 460 g/mol. The lowest BCUT2D eigenvalue weighted by molar-refractivity contribution is -0.134. The summed E-state index contributed by atoms with van der Waals surface area (Å²) in [6.45, 7) is 12.9. The minimum Gasteiger partial charge on any atom is -0.379 e. The molecule has 0 spiro atoms. The Balaban J connectivity index is 4.26. The molecule has 4 amide bonds. The van der Waals surface area contributed by atoms with E-state index >= 15 is 0 Å². The van der Waals surface area contributed by atoms with E-state index in [0.29, 0.717) is 19.8 Å². The van der Waals surface area contributed by atoms with Gasteiger partial charge >= 0.3 is 0 Å². The van der Waals surface area contributed by atoms with Crippen molar-refractivity contribution in [2.24, 2.45) is 5.41 Å². The third-order valence-electron chi connectivity index (χ3n) is 4.74. The molecule has 0 heterocycles. The molecule has 3 atom stereocenters. The van der Waals surface area contributed by atoms with E-state index in [2.05, 4.69) is 21.3 Å². The SMILES string of the molecule is CCOCCOCCC(=O)N[C@@H](C)C(=O)N[C@H](C)C(=O)N[C@@H](C)C(=O)NCOCC(=O)C(C)(C)C. The van der Waals surface area contributed by atoms with E-state index in [0.717, 1.165) is 0 Å². The summed E-state index contributed by atoms with van der Waals surface area (Å²) in [5, 5.41) is 9.98. The lowest BCUT2D eigenvalue weighted by Gasteiger charge is -2.20. The van der Waals surface area contributed by atoms with Crippen LogP contribution in [0, 0.1) is 5.41 Å². The van der Waals surface area contributed by atoms with Gasteiger partial charge in [0.05, 0.1) is 19.8 Å². The summed E-state index contributed by atoms with van der Waals surface area (Å²) in [7, 11) is 0. The third kappa shape index (κ3) is 15.1. The molecule has 0 aliphatic rings. The maximum Gasteiger partial charge on any atom is 0.244 e. The molecule has 35 heavy (non-hydrogen) atoms. The first-order valence-corrected chi connectivity index (χ1v) is 11.7. The summed E-state index contributed by atoms with van der Waals surface area (Å²) < 4.78 is 15.5. The standard InChI is InChI=1S/C23H42N4O8/c1-8-33-11-12-34-10-9-19(29)25-16(3)21(31)27-17(4)22(32)26-15(2)20(30)24-14-35-13-18(28)23(5,6)7/h15-17H,8-14H2,1-7H3,(H,24,30)(H,25,29)(H,26,32)(H,27,31)/t15-,16-,17+/m0/s1. The van der Waals surface area contributed by atoms with Crippen molar-refractivity contribution < 1.29 is 38.2 Å². The van der Waals surface area contributed by atoms with Crippen molar-refractivity contribution in [3.63, 3.8) is 0 Å². The van der Waals surface area contributed by atoms with Gasteiger partial charge in [0.15, 0.2) is 5.78 Å². The summed E-state index contributed by atoms with van der Waals surface area (Å²) in [6.07, 6.45) is 0.0838. The maximum absolute atomic E-state index is 12.3. The van der Waals surface area contributed by atoms with Gasteiger partial charge in [-0.25, -0.2) is 0 Å². The minimum absolute atomic E-state index is 0.0838. The van der Waals surface area contributed by atoms with E-state index in [-0.39, 0.29) is 38.1 Å². The Bertz CT molecular complexity index is 708. The molecule has 12 heteroatoms. The number of ether oxygens (including phenoxy) is 3. The van der Waals surface area contributed by atoms with Crippen LogP contribution in [0.25, 0.3) is 0 Å². The zero-order valence-electron chi connectivity index (χ0n) is 21.9. The fraction of sp³-hybridized carbons (Fsp3) is 0.783. The number of Topliss-reactive ketones (excluding diaryl/α,β-unsaturated/α-hetero) is 1. The van der Waals surface area contributed by atoms with Crippen molar-refractivity contribution in [1.82, 2.24) is 21.3 Å². The molecule has 0 aliphatic heterocycles. The highest BCUT2D eigenvalue weighted by atomic mass is 16.5. The summed E-state index contributed by atoms with van der Waals surface area (Å²) in [5.41, 5.74) is -0.537. The van der Waals surface area contributed by atoms with Crippen LogP contribution in [0.1, 0.15) is 54.9 Å². The van der Waals surface area contributed by atoms with Gasteiger partial charge in [0.1, 0.15) is 31.5 Å². The van der Waals surface area contributed by atoms with E-state index in [9.17, 15) is 24.0 Å². The van der Waals surface area contributed by atoms with Gasteiger partial charge in [0, 0.05) is 18.4 Å². The van der Waals surface area contributed by atoms with Crippen molar-refractivity contribution in [3.05, 3.63) is 0 Å². The topological polar surface area (TPSA) is 161 Å². The van der Waals surface area contributed by atoms with Gasteiger partial charge in [-0.15, -0.1) is 0 Å². The first-order chi connectivity index (χ1) is 16.3. The van der Waals surface area contributed by atoms with Crippen LogP contribution in [0.4, 0.5) is 0 Å². The molecule has 0 aliphatic carbocycles. The van der Waals surface area contributed by atoms with Gasteiger partial charge in [0.25, 0.3) is 0 Å². The van der Waals surface area contributed by atoms with Crippen LogP contribution in [-0.2, 0) is 38.2 Å². The van der Waals surface area contributed by atoms with Crippen molar-refractivity contribution in [2.75, 3.05) is 39.8 Å². The lowest BCUT2D eigenvalue weighted by atomic mass is 9.91. The highest BCUT2D eigenvalue weighted by Gasteiger charge is 2.24. The van der Waals surface area contributed by atoms with E-state index in [1.807, 2.05) is 6.92 Å². The molecule has 0 aromatic heterocycles. The molecule has 0 fully saturated rings. The Morgan fingerprint density at radius 3 is 1.77 bits per heavy atom.